The fraction of sp³-hybridized carbons (Fsp3) is 0.636. The number of nitrogens with zero attached hydrogens (tertiary/aromatic N) is 1. The number of quaternary nitrogens is 1. The lowest BCUT2D eigenvalue weighted by atomic mass is 10.0. The molecule has 0 N–H and O–H groups in total. The van der Waals surface area contributed by atoms with Gasteiger partial charge in [0.15, 0.2) is 6.10 Å². The van der Waals surface area contributed by atoms with Crippen LogP contribution in [0, 0.1) is 0 Å². The van der Waals surface area contributed by atoms with E-state index >= 15 is 0 Å². The fourth-order valence-electron chi connectivity index (χ4n) is 3.96. The molecule has 4 nitrogen and oxygen atoms in total. The lowest BCUT2D eigenvalue weighted by Crippen LogP contribution is -2.58. The van der Waals surface area contributed by atoms with Crippen LogP contribution < -0.4 is 0 Å². The van der Waals surface area contributed by atoms with E-state index in [0.29, 0.717) is 13.0 Å². The van der Waals surface area contributed by atoms with E-state index < -0.39 is 6.10 Å². The van der Waals surface area contributed by atoms with Gasteiger partial charge < -0.3 is 4.74 Å². The number of ether oxygens (including phenoxy) is 1. The van der Waals surface area contributed by atoms with E-state index in [9.17, 15) is 9.59 Å². The average Bonchev–Trinajstić information content (AvgIpc) is 3.02. The molecule has 0 radical (unpaired) electrons. The minimum absolute atomic E-state index is 0.0159. The van der Waals surface area contributed by atoms with E-state index in [4.69, 9.17) is 4.74 Å². The third kappa shape index (κ3) is 5.24. The number of carbonyl (C=O) groups excluding carboxylic acids is 2. The normalized spacial score (nSPS) is 23.9. The van der Waals surface area contributed by atoms with Gasteiger partial charge in [-0.1, -0.05) is 43.2 Å². The Bertz CT molecular complexity index is 572. The van der Waals surface area contributed by atoms with Crippen LogP contribution >= 0.6 is 0 Å². The van der Waals surface area contributed by atoms with E-state index in [0.717, 1.165) is 44.9 Å². The third-order valence-corrected chi connectivity index (χ3v) is 5.52. The largest absolute Gasteiger partial charge is 0.361 e. The second-order valence-electron chi connectivity index (χ2n) is 7.85. The van der Waals surface area contributed by atoms with Gasteiger partial charge in [-0.05, 0) is 45.6 Å². The van der Waals surface area contributed by atoms with Crippen molar-refractivity contribution in [3.8, 4) is 0 Å². The first kappa shape index (κ1) is 20.8. The summed E-state index contributed by atoms with van der Waals surface area (Å²) < 4.78 is 5.89. The van der Waals surface area contributed by atoms with Gasteiger partial charge >= 0.3 is 12.3 Å². The standard InChI is InChI=1S/C22H34NO3/c1-18(2)26-21(22(25)23(17-24)16-10-11-19(23)3)15-9-5-8-14-20-12-6-4-7-13-20/h4,6-7,12-13,17-19,21H,5,8-11,14-16H2,1-3H3/q+1/t19-,21?,23?/m1/s1. The molecular weight excluding hydrogens is 326 g/mol. The molecule has 0 aliphatic carbocycles. The molecule has 1 heterocycles. The van der Waals surface area contributed by atoms with Gasteiger partial charge in [0.1, 0.15) is 6.04 Å². The van der Waals surface area contributed by atoms with Crippen LogP contribution in [0.3, 0.4) is 0 Å². The molecule has 0 spiro atoms. The number of amides is 2. The Labute approximate surface area is 158 Å². The molecule has 26 heavy (non-hydrogen) atoms. The highest BCUT2D eigenvalue weighted by Crippen LogP contribution is 2.28. The third-order valence-electron chi connectivity index (χ3n) is 5.52. The predicted molar refractivity (Wildman–Crippen MR) is 104 cm³/mol. The highest BCUT2D eigenvalue weighted by molar-refractivity contribution is 5.80. The Morgan fingerprint density at radius 1 is 1.23 bits per heavy atom. The molecule has 1 aliphatic heterocycles. The summed E-state index contributed by atoms with van der Waals surface area (Å²) in [6.45, 7) is 6.53. The summed E-state index contributed by atoms with van der Waals surface area (Å²) in [6.07, 6.45) is 7.10. The molecule has 0 bridgehead atoms. The van der Waals surface area contributed by atoms with Gasteiger partial charge in [-0.2, -0.15) is 4.48 Å². The van der Waals surface area contributed by atoms with Crippen molar-refractivity contribution < 1.29 is 18.8 Å². The van der Waals surface area contributed by atoms with Crippen LogP contribution in [0.5, 0.6) is 0 Å². The van der Waals surface area contributed by atoms with Gasteiger partial charge in [0.2, 0.25) is 0 Å². The maximum Gasteiger partial charge on any atom is 0.349 e. The van der Waals surface area contributed by atoms with E-state index in [1.807, 2.05) is 26.8 Å². The van der Waals surface area contributed by atoms with Crippen molar-refractivity contribution in [2.24, 2.45) is 0 Å². The summed E-state index contributed by atoms with van der Waals surface area (Å²) in [5.74, 6) is -0.0400. The number of aryl methyl sites for hydroxylation is 1. The summed E-state index contributed by atoms with van der Waals surface area (Å²) in [4.78, 5) is 24.9. The zero-order chi connectivity index (χ0) is 19.0. The van der Waals surface area contributed by atoms with E-state index in [1.165, 1.54) is 5.56 Å². The Balaban J connectivity index is 1.88. The molecule has 0 aromatic heterocycles. The lowest BCUT2D eigenvalue weighted by Gasteiger charge is -2.32. The van der Waals surface area contributed by atoms with Gasteiger partial charge in [-0.25, -0.2) is 9.59 Å². The molecule has 1 aromatic rings. The number of carbonyl (C=O) groups is 2. The molecule has 1 aliphatic rings. The fourth-order valence-corrected chi connectivity index (χ4v) is 3.96. The van der Waals surface area contributed by atoms with Gasteiger partial charge in [0, 0.05) is 12.8 Å². The van der Waals surface area contributed by atoms with Crippen molar-refractivity contribution in [1.82, 2.24) is 0 Å². The van der Waals surface area contributed by atoms with Crippen LogP contribution in [0.1, 0.15) is 64.9 Å². The first-order valence-corrected chi connectivity index (χ1v) is 10.1. The number of hydrogen-bond acceptors (Lipinski definition) is 3. The van der Waals surface area contributed by atoms with E-state index in [2.05, 4.69) is 24.3 Å². The average molecular weight is 361 g/mol. The Kier molecular flexibility index (Phi) is 7.98. The van der Waals surface area contributed by atoms with Gasteiger partial charge in [-0.3, -0.25) is 0 Å². The van der Waals surface area contributed by atoms with Crippen LogP contribution in [-0.2, 0) is 20.7 Å². The minimum Gasteiger partial charge on any atom is -0.361 e. The summed E-state index contributed by atoms with van der Waals surface area (Å²) in [5.41, 5.74) is 1.36. The second-order valence-corrected chi connectivity index (χ2v) is 7.85. The first-order valence-electron chi connectivity index (χ1n) is 10.1. The molecule has 1 fully saturated rings. The van der Waals surface area contributed by atoms with Crippen LogP contribution in [-0.4, -0.2) is 41.6 Å². The van der Waals surface area contributed by atoms with E-state index in [-0.39, 0.29) is 22.5 Å². The van der Waals surface area contributed by atoms with Crippen LogP contribution in [0.4, 0.5) is 0 Å². The molecule has 2 amide bonds. The Morgan fingerprint density at radius 2 is 1.96 bits per heavy atom. The molecule has 4 heteroatoms. The Morgan fingerprint density at radius 3 is 2.54 bits per heavy atom. The Hall–Kier alpha value is -1.52. The number of hydrogen-bond donors (Lipinski definition) is 0. The number of rotatable bonds is 10. The monoisotopic (exact) mass is 360 g/mol. The first-order chi connectivity index (χ1) is 12.5. The maximum absolute atomic E-state index is 13.1. The molecule has 1 saturated heterocycles. The zero-order valence-corrected chi connectivity index (χ0v) is 16.5. The van der Waals surface area contributed by atoms with Gasteiger partial charge in [0.05, 0.1) is 12.6 Å². The highest BCUT2D eigenvalue weighted by atomic mass is 16.5. The van der Waals surface area contributed by atoms with Crippen LogP contribution in [0.2, 0.25) is 0 Å². The summed E-state index contributed by atoms with van der Waals surface area (Å²) in [5, 5.41) is 0. The topological polar surface area (TPSA) is 43.4 Å². The van der Waals surface area contributed by atoms with Gasteiger partial charge in [0.25, 0.3) is 0 Å². The van der Waals surface area contributed by atoms with Crippen molar-refractivity contribution >= 4 is 12.3 Å². The van der Waals surface area contributed by atoms with Crippen molar-refractivity contribution in [2.75, 3.05) is 6.54 Å². The van der Waals surface area contributed by atoms with Crippen LogP contribution in [0.15, 0.2) is 30.3 Å². The smallest absolute Gasteiger partial charge is 0.349 e. The number of likely N-dealkylation sites (tertiary alicyclic amines) is 1. The van der Waals surface area contributed by atoms with Crippen molar-refractivity contribution in [2.45, 2.75) is 84.0 Å². The quantitative estimate of drug-likeness (QED) is 0.356. The lowest BCUT2D eigenvalue weighted by molar-refractivity contribution is -0.782. The molecule has 144 valence electrons. The highest BCUT2D eigenvalue weighted by Gasteiger charge is 2.49. The number of imide groups is 1. The zero-order valence-electron chi connectivity index (χ0n) is 16.5. The second kappa shape index (κ2) is 9.98. The van der Waals surface area contributed by atoms with E-state index in [1.54, 1.807) is 0 Å². The minimum atomic E-state index is -0.475. The maximum atomic E-state index is 13.1. The molecule has 3 atom stereocenters. The summed E-state index contributed by atoms with van der Waals surface area (Å²) in [7, 11) is 0. The van der Waals surface area contributed by atoms with Gasteiger partial charge in [-0.15, -0.1) is 0 Å². The molecule has 1 aromatic carbocycles. The molecular formula is C22H34NO3+. The van der Waals surface area contributed by atoms with Crippen molar-refractivity contribution in [3.63, 3.8) is 0 Å². The number of benzene rings is 1. The van der Waals surface area contributed by atoms with Crippen molar-refractivity contribution in [1.29, 1.82) is 0 Å². The molecule has 0 saturated carbocycles. The molecule has 2 unspecified atom stereocenters. The van der Waals surface area contributed by atoms with Crippen LogP contribution in [0.25, 0.3) is 0 Å². The summed E-state index contributed by atoms with van der Waals surface area (Å²) >= 11 is 0. The van der Waals surface area contributed by atoms with Crippen molar-refractivity contribution in [3.05, 3.63) is 35.9 Å². The number of unbranched alkanes of at least 4 members (excludes halogenated alkanes) is 2. The predicted octanol–water partition coefficient (Wildman–Crippen LogP) is 4.27. The SMILES string of the molecule is CC(C)OC(CCCCCc1ccccc1)C(=O)[N+]1(C=O)CCC[C@H]1C. The molecule has 2 rings (SSSR count). The summed E-state index contributed by atoms with van der Waals surface area (Å²) in [6, 6.07) is 10.5.